The van der Waals surface area contributed by atoms with Crippen molar-refractivity contribution >= 4 is 33.1 Å². The fourth-order valence-corrected chi connectivity index (χ4v) is 11.6. The molecule has 6 nitrogen and oxygen atoms in total. The average Bonchev–Trinajstić information content (AvgIpc) is 3.92. The molecule has 0 fully saturated rings. The van der Waals surface area contributed by atoms with Crippen LogP contribution in [0, 0.1) is 0 Å². The third-order valence-electron chi connectivity index (χ3n) is 15.0. The van der Waals surface area contributed by atoms with Crippen molar-refractivity contribution in [3.63, 3.8) is 0 Å². The maximum Gasteiger partial charge on any atom is 0.240 e. The van der Waals surface area contributed by atoms with Gasteiger partial charge in [-0.15, -0.1) is 5.10 Å². The molecule has 3 heterocycles. The molecule has 9 aromatic rings. The first-order chi connectivity index (χ1) is 31.1. The van der Waals surface area contributed by atoms with Crippen LogP contribution in [0.1, 0.15) is 151 Å². The lowest BCUT2D eigenvalue weighted by atomic mass is 9.82. The van der Waals surface area contributed by atoms with E-state index in [0.717, 1.165) is 39.3 Å². The summed E-state index contributed by atoms with van der Waals surface area (Å²) < 4.78 is 6.99. The summed E-state index contributed by atoms with van der Waals surface area (Å²) in [5.74, 6) is 0.942. The van der Waals surface area contributed by atoms with Gasteiger partial charge in [0.25, 0.3) is 0 Å². The van der Waals surface area contributed by atoms with Crippen LogP contribution in [0.2, 0.25) is 0 Å². The summed E-state index contributed by atoms with van der Waals surface area (Å²) in [6.45, 7) is 27.9. The highest BCUT2D eigenvalue weighted by molar-refractivity contribution is 6.12. The number of hydrogen-bond acceptors (Lipinski definition) is 3. The Morgan fingerprint density at radius 1 is 0.431 bits per heavy atom. The van der Waals surface area contributed by atoms with E-state index in [1.165, 1.54) is 77.5 Å². The summed E-state index contributed by atoms with van der Waals surface area (Å²) in [4.78, 5) is 10.5. The number of imidazole rings is 1. The van der Waals surface area contributed by atoms with Gasteiger partial charge in [-0.05, 0) is 115 Å². The first-order valence-electron chi connectivity index (χ1n) is 23.7. The molecule has 0 radical (unpaired) electrons. The van der Waals surface area contributed by atoms with Gasteiger partial charge in [0, 0.05) is 34.0 Å². The first kappa shape index (κ1) is 41.2. The third-order valence-corrected chi connectivity index (χ3v) is 15.0. The standard InChI is InChI=1S/C59H60N6/c1-33(2)37-21-17-22-38(34(3)4)53(37)63-55-56(61-28-27-60-55)64(54-39(35(5)6)23-18-24-40(54)36(7)8)57(63)62-65-51-31-49-43(41-19-13-15-25-47(41)58(49,9)10)29-45(51)46-30-44-42-20-14-16-26-48(42)59(11,12)50(44)32-52(46)65/h13-36H,1-12H3. The zero-order valence-electron chi connectivity index (χ0n) is 40.0. The SMILES string of the molecule is CC(C)c1cccc(C(C)C)c1-n1c(=Nn2c3cc4c(cc3c3cc5c(cc32)C(C)(C)c2ccccc2-5)-c2ccccc2C4(C)C)n(-c2c(C(C)C)cccc2C(C)C)c2nccnc21. The van der Waals surface area contributed by atoms with Crippen LogP contribution in [0.4, 0.5) is 0 Å². The number of aromatic nitrogens is 5. The van der Waals surface area contributed by atoms with Crippen molar-refractivity contribution in [3.05, 3.63) is 172 Å². The van der Waals surface area contributed by atoms with Crippen LogP contribution in [0.15, 0.2) is 127 Å². The van der Waals surface area contributed by atoms with Gasteiger partial charge < -0.3 is 0 Å². The average molecular weight is 853 g/mol. The minimum absolute atomic E-state index is 0.197. The molecule has 2 aliphatic rings. The minimum Gasteiger partial charge on any atom is -0.259 e. The monoisotopic (exact) mass is 852 g/mol. The maximum absolute atomic E-state index is 6.16. The number of rotatable bonds is 7. The number of nitrogens with zero attached hydrogens (tertiary/aromatic N) is 6. The van der Waals surface area contributed by atoms with Crippen molar-refractivity contribution in [2.45, 2.75) is 118 Å². The van der Waals surface area contributed by atoms with E-state index in [9.17, 15) is 0 Å². The van der Waals surface area contributed by atoms with Gasteiger partial charge >= 0.3 is 0 Å². The Bertz CT molecular complexity index is 3230. The predicted octanol–water partition coefficient (Wildman–Crippen LogP) is 14.8. The minimum atomic E-state index is -0.197. The van der Waals surface area contributed by atoms with Crippen molar-refractivity contribution in [1.82, 2.24) is 23.8 Å². The highest BCUT2D eigenvalue weighted by Gasteiger charge is 2.39. The second kappa shape index (κ2) is 14.5. The van der Waals surface area contributed by atoms with E-state index in [2.05, 4.69) is 206 Å². The number of para-hydroxylation sites is 2. The van der Waals surface area contributed by atoms with Crippen LogP contribution < -0.4 is 5.62 Å². The highest BCUT2D eigenvalue weighted by atomic mass is 15.4. The molecular formula is C59H60N6. The molecule has 326 valence electrons. The van der Waals surface area contributed by atoms with Gasteiger partial charge in [-0.2, -0.15) is 0 Å². The molecule has 0 unspecified atom stereocenters. The molecule has 0 spiro atoms. The van der Waals surface area contributed by atoms with Crippen molar-refractivity contribution in [3.8, 4) is 33.6 Å². The lowest BCUT2D eigenvalue weighted by Gasteiger charge is -2.22. The van der Waals surface area contributed by atoms with Crippen LogP contribution in [-0.2, 0) is 10.8 Å². The molecule has 2 aliphatic carbocycles. The van der Waals surface area contributed by atoms with Crippen LogP contribution >= 0.6 is 0 Å². The van der Waals surface area contributed by atoms with Crippen LogP contribution in [0.5, 0.6) is 0 Å². The Balaban J connectivity index is 1.39. The molecule has 0 saturated heterocycles. The Hall–Kier alpha value is -6.53. The number of hydrogen-bond donors (Lipinski definition) is 0. The van der Waals surface area contributed by atoms with E-state index in [-0.39, 0.29) is 34.5 Å². The van der Waals surface area contributed by atoms with Gasteiger partial charge in [-0.1, -0.05) is 168 Å². The normalized spacial score (nSPS) is 14.6. The fraction of sp³-hybridized carbons (Fsp3) is 0.305. The van der Waals surface area contributed by atoms with Crippen LogP contribution in [0.25, 0.3) is 66.7 Å². The predicted molar refractivity (Wildman–Crippen MR) is 270 cm³/mol. The molecule has 6 heteroatoms. The Labute approximate surface area is 383 Å². The largest absolute Gasteiger partial charge is 0.259 e. The summed E-state index contributed by atoms with van der Waals surface area (Å²) in [6, 6.07) is 41.4. The van der Waals surface area contributed by atoms with Crippen molar-refractivity contribution < 1.29 is 0 Å². The molecule has 0 amide bonds. The zero-order chi connectivity index (χ0) is 45.4. The molecule has 65 heavy (non-hydrogen) atoms. The second-order valence-electron chi connectivity index (χ2n) is 20.9. The first-order valence-corrected chi connectivity index (χ1v) is 23.7. The van der Waals surface area contributed by atoms with E-state index in [1.54, 1.807) is 0 Å². The summed E-state index contributed by atoms with van der Waals surface area (Å²) in [7, 11) is 0. The van der Waals surface area contributed by atoms with Crippen molar-refractivity contribution in [2.24, 2.45) is 5.10 Å². The Morgan fingerprint density at radius 3 is 1.17 bits per heavy atom. The lowest BCUT2D eigenvalue weighted by Crippen LogP contribution is -2.29. The summed E-state index contributed by atoms with van der Waals surface area (Å²) in [6.07, 6.45) is 3.68. The van der Waals surface area contributed by atoms with E-state index >= 15 is 0 Å². The van der Waals surface area contributed by atoms with E-state index in [0.29, 0.717) is 0 Å². The van der Waals surface area contributed by atoms with Crippen molar-refractivity contribution in [1.29, 1.82) is 0 Å². The van der Waals surface area contributed by atoms with E-state index in [1.807, 2.05) is 12.4 Å². The second-order valence-corrected chi connectivity index (χ2v) is 20.9. The molecule has 0 bridgehead atoms. The molecular weight excluding hydrogens is 793 g/mol. The zero-order valence-corrected chi connectivity index (χ0v) is 40.0. The quantitative estimate of drug-likeness (QED) is 0.160. The van der Waals surface area contributed by atoms with Gasteiger partial charge in [-0.25, -0.2) is 14.6 Å². The van der Waals surface area contributed by atoms with E-state index in [4.69, 9.17) is 15.1 Å². The van der Waals surface area contributed by atoms with Crippen molar-refractivity contribution in [2.75, 3.05) is 0 Å². The van der Waals surface area contributed by atoms with Crippen LogP contribution in [-0.4, -0.2) is 23.8 Å². The third kappa shape index (κ3) is 5.81. The maximum atomic E-state index is 6.16. The Morgan fingerprint density at radius 2 is 0.800 bits per heavy atom. The lowest BCUT2D eigenvalue weighted by molar-refractivity contribution is 0.660. The van der Waals surface area contributed by atoms with Crippen LogP contribution in [0.3, 0.4) is 0 Å². The molecule has 0 N–H and O–H groups in total. The van der Waals surface area contributed by atoms with Gasteiger partial charge in [0.05, 0.1) is 22.4 Å². The smallest absolute Gasteiger partial charge is 0.240 e. The summed E-state index contributed by atoms with van der Waals surface area (Å²) in [5, 5.41) is 8.55. The summed E-state index contributed by atoms with van der Waals surface area (Å²) >= 11 is 0. The Kier molecular flexibility index (Phi) is 9.18. The molecule has 0 saturated carbocycles. The molecule has 11 rings (SSSR count). The topological polar surface area (TPSA) is 52.9 Å². The molecule has 0 aliphatic heterocycles. The number of benzene rings is 6. The summed E-state index contributed by atoms with van der Waals surface area (Å²) in [5.41, 5.74) is 22.0. The van der Waals surface area contributed by atoms with E-state index < -0.39 is 0 Å². The van der Waals surface area contributed by atoms with Gasteiger partial charge in [0.1, 0.15) is 0 Å². The molecule has 6 aromatic carbocycles. The molecule has 3 aromatic heterocycles. The van der Waals surface area contributed by atoms with Gasteiger partial charge in [0.2, 0.25) is 5.62 Å². The number of fused-ring (bicyclic) bond motifs is 10. The highest BCUT2D eigenvalue weighted by Crippen LogP contribution is 2.53. The molecule has 0 atom stereocenters. The fourth-order valence-electron chi connectivity index (χ4n) is 11.6. The van der Waals surface area contributed by atoms with Gasteiger partial charge in [-0.3, -0.25) is 9.13 Å². The van der Waals surface area contributed by atoms with Gasteiger partial charge in [0.15, 0.2) is 11.3 Å².